The Bertz CT molecular complexity index is 817. The molecule has 0 atom stereocenters. The van der Waals surface area contributed by atoms with E-state index in [0.717, 1.165) is 17.1 Å². The first-order valence-corrected chi connectivity index (χ1v) is 8.37. The topological polar surface area (TPSA) is 46.9 Å². The van der Waals surface area contributed by atoms with Crippen LogP contribution in [0.5, 0.6) is 0 Å². The van der Waals surface area contributed by atoms with Gasteiger partial charge in [-0.15, -0.1) is 11.3 Å². The van der Waals surface area contributed by atoms with Gasteiger partial charge in [0, 0.05) is 0 Å². The van der Waals surface area contributed by atoms with E-state index < -0.39 is 0 Å². The molecule has 1 aromatic carbocycles. The third-order valence-electron chi connectivity index (χ3n) is 3.82. The molecular formula is C18H19N3OS. The van der Waals surface area contributed by atoms with Gasteiger partial charge in [0.25, 0.3) is 5.91 Å². The zero-order chi connectivity index (χ0) is 16.4. The quantitative estimate of drug-likeness (QED) is 0.782. The summed E-state index contributed by atoms with van der Waals surface area (Å²) in [6, 6.07) is 12.1. The molecule has 0 bridgehead atoms. The van der Waals surface area contributed by atoms with Crippen LogP contribution in [0.25, 0.3) is 0 Å². The molecule has 118 valence electrons. The Hall–Kier alpha value is -2.40. The Balaban J connectivity index is 1.81. The summed E-state index contributed by atoms with van der Waals surface area (Å²) >= 11 is 1.43. The van der Waals surface area contributed by atoms with Crippen LogP contribution in [0.4, 0.5) is 5.69 Å². The van der Waals surface area contributed by atoms with E-state index in [1.807, 2.05) is 36.0 Å². The van der Waals surface area contributed by atoms with Crippen molar-refractivity contribution in [2.45, 2.75) is 27.3 Å². The van der Waals surface area contributed by atoms with Gasteiger partial charge in [-0.25, -0.2) is 0 Å². The number of rotatable bonds is 4. The number of nitrogens with zero attached hydrogens (tertiary/aromatic N) is 2. The standard InChI is InChI=1S/C18H19N3OS/c1-12-6-8-15(9-7-12)11-21-14(3)17(13(2)20-21)19-18(22)16-5-4-10-23-16/h4-10H,11H2,1-3H3,(H,19,22). The lowest BCUT2D eigenvalue weighted by atomic mass is 10.1. The summed E-state index contributed by atoms with van der Waals surface area (Å²) in [6.45, 7) is 6.67. The third kappa shape index (κ3) is 3.35. The monoisotopic (exact) mass is 325 g/mol. The second kappa shape index (κ2) is 6.38. The molecule has 0 unspecified atom stereocenters. The summed E-state index contributed by atoms with van der Waals surface area (Å²) in [5, 5.41) is 9.45. The van der Waals surface area contributed by atoms with E-state index in [2.05, 4.69) is 41.6 Å². The van der Waals surface area contributed by atoms with Crippen molar-refractivity contribution in [3.8, 4) is 0 Å². The van der Waals surface area contributed by atoms with Gasteiger partial charge < -0.3 is 5.32 Å². The van der Waals surface area contributed by atoms with Crippen LogP contribution in [0.3, 0.4) is 0 Å². The number of hydrogen-bond donors (Lipinski definition) is 1. The van der Waals surface area contributed by atoms with Gasteiger partial charge in [-0.3, -0.25) is 9.48 Å². The number of carbonyl (C=O) groups excluding carboxylic acids is 1. The first-order chi connectivity index (χ1) is 11.0. The van der Waals surface area contributed by atoms with E-state index >= 15 is 0 Å². The van der Waals surface area contributed by atoms with Crippen LogP contribution in [0.15, 0.2) is 41.8 Å². The minimum atomic E-state index is -0.0823. The zero-order valence-corrected chi connectivity index (χ0v) is 14.3. The van der Waals surface area contributed by atoms with Crippen LogP contribution in [0, 0.1) is 20.8 Å². The second-order valence-electron chi connectivity index (χ2n) is 5.62. The highest BCUT2D eigenvalue weighted by Crippen LogP contribution is 2.22. The molecule has 0 aliphatic carbocycles. The summed E-state index contributed by atoms with van der Waals surface area (Å²) in [5.41, 5.74) is 5.03. The molecule has 0 spiro atoms. The molecule has 0 saturated heterocycles. The van der Waals surface area contributed by atoms with E-state index in [-0.39, 0.29) is 5.91 Å². The van der Waals surface area contributed by atoms with Crippen molar-refractivity contribution in [3.05, 3.63) is 69.2 Å². The fourth-order valence-corrected chi connectivity index (χ4v) is 3.10. The molecule has 0 aliphatic heterocycles. The maximum absolute atomic E-state index is 12.2. The molecule has 5 heteroatoms. The van der Waals surface area contributed by atoms with Crippen LogP contribution in [0.2, 0.25) is 0 Å². The predicted molar refractivity (Wildman–Crippen MR) is 94.3 cm³/mol. The summed E-state index contributed by atoms with van der Waals surface area (Å²) < 4.78 is 1.93. The van der Waals surface area contributed by atoms with Crippen LogP contribution >= 0.6 is 11.3 Å². The van der Waals surface area contributed by atoms with Crippen molar-refractivity contribution < 1.29 is 4.79 Å². The van der Waals surface area contributed by atoms with E-state index in [0.29, 0.717) is 11.4 Å². The number of aromatic nitrogens is 2. The van der Waals surface area contributed by atoms with Gasteiger partial charge in [0.1, 0.15) is 0 Å². The number of amides is 1. The lowest BCUT2D eigenvalue weighted by Crippen LogP contribution is -2.12. The number of carbonyl (C=O) groups is 1. The lowest BCUT2D eigenvalue weighted by molar-refractivity contribution is 0.103. The average molecular weight is 325 g/mol. The number of aryl methyl sites for hydroxylation is 2. The minimum Gasteiger partial charge on any atom is -0.318 e. The summed E-state index contributed by atoms with van der Waals surface area (Å²) in [5.74, 6) is -0.0823. The summed E-state index contributed by atoms with van der Waals surface area (Å²) in [4.78, 5) is 13.0. The Kier molecular flexibility index (Phi) is 4.30. The van der Waals surface area contributed by atoms with Crippen molar-refractivity contribution in [1.29, 1.82) is 0 Å². The molecule has 3 aromatic rings. The molecule has 23 heavy (non-hydrogen) atoms. The zero-order valence-electron chi connectivity index (χ0n) is 13.5. The normalized spacial score (nSPS) is 10.7. The Morgan fingerprint density at radius 2 is 1.91 bits per heavy atom. The molecule has 1 amide bonds. The van der Waals surface area contributed by atoms with Crippen molar-refractivity contribution in [2.24, 2.45) is 0 Å². The fraction of sp³-hybridized carbons (Fsp3) is 0.222. The maximum Gasteiger partial charge on any atom is 0.265 e. The summed E-state index contributed by atoms with van der Waals surface area (Å²) in [6.07, 6.45) is 0. The highest BCUT2D eigenvalue weighted by molar-refractivity contribution is 7.12. The van der Waals surface area contributed by atoms with Crippen LogP contribution in [-0.2, 0) is 6.54 Å². The second-order valence-corrected chi connectivity index (χ2v) is 6.57. The smallest absolute Gasteiger partial charge is 0.265 e. The number of anilines is 1. The van der Waals surface area contributed by atoms with Crippen molar-refractivity contribution >= 4 is 22.9 Å². The van der Waals surface area contributed by atoms with Crippen molar-refractivity contribution in [3.63, 3.8) is 0 Å². The van der Waals surface area contributed by atoms with E-state index in [4.69, 9.17) is 0 Å². The number of nitrogens with one attached hydrogen (secondary N) is 1. The predicted octanol–water partition coefficient (Wildman–Crippen LogP) is 4.17. The maximum atomic E-state index is 12.2. The number of benzene rings is 1. The van der Waals surface area contributed by atoms with Crippen molar-refractivity contribution in [1.82, 2.24) is 9.78 Å². The average Bonchev–Trinajstić information content (AvgIpc) is 3.14. The van der Waals surface area contributed by atoms with E-state index in [1.165, 1.54) is 22.5 Å². The van der Waals surface area contributed by atoms with Gasteiger partial charge in [-0.05, 0) is 37.8 Å². The molecular weight excluding hydrogens is 306 g/mol. The SMILES string of the molecule is Cc1ccc(Cn2nc(C)c(NC(=O)c3cccs3)c2C)cc1. The molecule has 0 fully saturated rings. The highest BCUT2D eigenvalue weighted by atomic mass is 32.1. The molecule has 3 rings (SSSR count). The Morgan fingerprint density at radius 1 is 1.17 bits per heavy atom. The summed E-state index contributed by atoms with van der Waals surface area (Å²) in [7, 11) is 0. The van der Waals surface area contributed by atoms with Gasteiger partial charge >= 0.3 is 0 Å². The van der Waals surface area contributed by atoms with Crippen molar-refractivity contribution in [2.75, 3.05) is 5.32 Å². The Morgan fingerprint density at radius 3 is 2.57 bits per heavy atom. The molecule has 2 aromatic heterocycles. The van der Waals surface area contributed by atoms with Crippen LogP contribution < -0.4 is 5.32 Å². The minimum absolute atomic E-state index is 0.0823. The lowest BCUT2D eigenvalue weighted by Gasteiger charge is -2.07. The molecule has 1 N–H and O–H groups in total. The molecule has 0 saturated carbocycles. The van der Waals surface area contributed by atoms with E-state index in [9.17, 15) is 4.79 Å². The van der Waals surface area contributed by atoms with Crippen LogP contribution in [0.1, 0.15) is 32.2 Å². The number of thiophene rings is 1. The fourth-order valence-electron chi connectivity index (χ4n) is 2.48. The van der Waals surface area contributed by atoms with Gasteiger partial charge in [-0.2, -0.15) is 5.10 Å². The van der Waals surface area contributed by atoms with Gasteiger partial charge in [0.2, 0.25) is 0 Å². The first kappa shape index (κ1) is 15.5. The van der Waals surface area contributed by atoms with Gasteiger partial charge in [0.05, 0.1) is 28.5 Å². The van der Waals surface area contributed by atoms with Gasteiger partial charge in [0.15, 0.2) is 0 Å². The molecule has 0 radical (unpaired) electrons. The van der Waals surface area contributed by atoms with Gasteiger partial charge in [-0.1, -0.05) is 35.9 Å². The number of hydrogen-bond acceptors (Lipinski definition) is 3. The van der Waals surface area contributed by atoms with E-state index in [1.54, 1.807) is 0 Å². The molecule has 4 nitrogen and oxygen atoms in total. The largest absolute Gasteiger partial charge is 0.318 e. The van der Waals surface area contributed by atoms with Crippen LogP contribution in [-0.4, -0.2) is 15.7 Å². The first-order valence-electron chi connectivity index (χ1n) is 7.49. The Labute approximate surface area is 139 Å². The molecule has 0 aliphatic rings. The highest BCUT2D eigenvalue weighted by Gasteiger charge is 2.15. The third-order valence-corrected chi connectivity index (χ3v) is 4.69. The molecule has 2 heterocycles.